The van der Waals surface area contributed by atoms with E-state index in [2.05, 4.69) is 37.9 Å². The maximum absolute atomic E-state index is 12.5. The fraction of sp³-hybridized carbons (Fsp3) is 0.435. The molecule has 0 aliphatic heterocycles. The average Bonchev–Trinajstić information content (AvgIpc) is 2.70. The lowest BCUT2D eigenvalue weighted by Crippen LogP contribution is -2.39. The fourth-order valence-electron chi connectivity index (χ4n) is 3.19. The van der Waals surface area contributed by atoms with Crippen LogP contribution in [0.1, 0.15) is 38.1 Å². The maximum atomic E-state index is 12.5. The Morgan fingerprint density at radius 2 is 1.59 bits per heavy atom. The van der Waals surface area contributed by atoms with Crippen molar-refractivity contribution >= 4 is 11.6 Å². The van der Waals surface area contributed by atoms with E-state index in [-0.39, 0.29) is 5.91 Å². The third-order valence-corrected chi connectivity index (χ3v) is 4.71. The normalized spacial score (nSPS) is 11.1. The highest BCUT2D eigenvalue weighted by Gasteiger charge is 2.14. The molecule has 0 aliphatic carbocycles. The van der Waals surface area contributed by atoms with Gasteiger partial charge in [-0.15, -0.1) is 0 Å². The molecule has 0 saturated heterocycles. The molecule has 6 nitrogen and oxygen atoms in total. The highest BCUT2D eigenvalue weighted by atomic mass is 16.5. The summed E-state index contributed by atoms with van der Waals surface area (Å²) >= 11 is 0. The number of anilines is 1. The third-order valence-electron chi connectivity index (χ3n) is 4.71. The van der Waals surface area contributed by atoms with Crippen LogP contribution in [0.2, 0.25) is 0 Å². The molecule has 158 valence electrons. The molecule has 0 radical (unpaired) electrons. The van der Waals surface area contributed by atoms with E-state index in [0.717, 1.165) is 6.54 Å². The number of benzene rings is 2. The van der Waals surface area contributed by atoms with E-state index in [0.29, 0.717) is 47.2 Å². The average molecular weight is 401 g/mol. The van der Waals surface area contributed by atoms with Crippen LogP contribution in [-0.4, -0.2) is 50.3 Å². The van der Waals surface area contributed by atoms with Crippen LogP contribution >= 0.6 is 0 Å². The van der Waals surface area contributed by atoms with E-state index in [4.69, 9.17) is 14.2 Å². The monoisotopic (exact) mass is 400 g/mol. The second-order valence-corrected chi connectivity index (χ2v) is 7.32. The topological polar surface area (TPSA) is 60.0 Å². The minimum absolute atomic E-state index is 0.199. The van der Waals surface area contributed by atoms with E-state index < -0.39 is 0 Å². The van der Waals surface area contributed by atoms with Crippen molar-refractivity contribution in [3.8, 4) is 17.2 Å². The number of ether oxygens (including phenoxy) is 3. The molecule has 1 N–H and O–H groups in total. The number of carbonyl (C=O) groups is 1. The Morgan fingerprint density at radius 1 is 0.931 bits per heavy atom. The third kappa shape index (κ3) is 6.39. The Morgan fingerprint density at radius 3 is 2.14 bits per heavy atom. The van der Waals surface area contributed by atoms with Crippen molar-refractivity contribution in [1.29, 1.82) is 0 Å². The van der Waals surface area contributed by atoms with Crippen molar-refractivity contribution in [2.45, 2.75) is 39.8 Å². The Hall–Kier alpha value is -2.73. The first-order chi connectivity index (χ1) is 13.8. The summed E-state index contributed by atoms with van der Waals surface area (Å²) in [6.45, 7) is 10.0. The first kappa shape index (κ1) is 22.6. The van der Waals surface area contributed by atoms with Gasteiger partial charge in [-0.3, -0.25) is 9.69 Å². The van der Waals surface area contributed by atoms with Crippen LogP contribution in [0, 0.1) is 0 Å². The minimum Gasteiger partial charge on any atom is -0.497 e. The van der Waals surface area contributed by atoms with Gasteiger partial charge in [0.15, 0.2) is 11.5 Å². The van der Waals surface area contributed by atoms with Crippen LogP contribution in [0.15, 0.2) is 42.5 Å². The van der Waals surface area contributed by atoms with Gasteiger partial charge in [0, 0.05) is 35.9 Å². The molecule has 0 bridgehead atoms. The molecule has 1 amide bonds. The smallest absolute Gasteiger partial charge is 0.255 e. The van der Waals surface area contributed by atoms with Crippen molar-refractivity contribution < 1.29 is 19.0 Å². The number of nitrogens with one attached hydrogen (secondary N) is 1. The Bertz CT molecular complexity index is 780. The standard InChI is InChI=1S/C23H32N2O4/c1-16(2)25(17(3)4)13-14-29-22-15-19(9-12-21(22)28-6)24-23(26)18-7-10-20(27-5)11-8-18/h7-12,15-17H,13-14H2,1-6H3,(H,24,26). The van der Waals surface area contributed by atoms with E-state index in [1.165, 1.54) is 0 Å². The summed E-state index contributed by atoms with van der Waals surface area (Å²) in [5.74, 6) is 1.74. The SMILES string of the molecule is COc1ccc(C(=O)Nc2ccc(OC)c(OCCN(C(C)C)C(C)C)c2)cc1. The van der Waals surface area contributed by atoms with E-state index >= 15 is 0 Å². The van der Waals surface area contributed by atoms with Gasteiger partial charge in [-0.2, -0.15) is 0 Å². The van der Waals surface area contributed by atoms with Gasteiger partial charge in [-0.25, -0.2) is 0 Å². The first-order valence-electron chi connectivity index (χ1n) is 9.87. The molecule has 0 heterocycles. The largest absolute Gasteiger partial charge is 0.497 e. The van der Waals surface area contributed by atoms with Crippen LogP contribution in [0.25, 0.3) is 0 Å². The summed E-state index contributed by atoms with van der Waals surface area (Å²) in [5, 5.41) is 2.90. The van der Waals surface area contributed by atoms with Gasteiger partial charge in [0.25, 0.3) is 5.91 Å². The minimum atomic E-state index is -0.199. The Labute approximate surface area is 173 Å². The molecule has 0 fully saturated rings. The molecule has 6 heteroatoms. The van der Waals surface area contributed by atoms with Gasteiger partial charge in [0.2, 0.25) is 0 Å². The van der Waals surface area contributed by atoms with Crippen molar-refractivity contribution in [3.05, 3.63) is 48.0 Å². The van der Waals surface area contributed by atoms with Gasteiger partial charge in [0.05, 0.1) is 14.2 Å². The molecular formula is C23H32N2O4. The fourth-order valence-corrected chi connectivity index (χ4v) is 3.19. The lowest BCUT2D eigenvalue weighted by molar-refractivity contribution is 0.102. The molecule has 2 aromatic rings. The quantitative estimate of drug-likeness (QED) is 0.638. The van der Waals surface area contributed by atoms with Crippen molar-refractivity contribution in [3.63, 3.8) is 0 Å². The number of carbonyl (C=O) groups excluding carboxylic acids is 1. The van der Waals surface area contributed by atoms with Gasteiger partial charge in [0.1, 0.15) is 12.4 Å². The Balaban J connectivity index is 2.06. The van der Waals surface area contributed by atoms with Crippen LogP contribution in [-0.2, 0) is 0 Å². The summed E-state index contributed by atoms with van der Waals surface area (Å²) < 4.78 is 16.5. The van der Waals surface area contributed by atoms with Gasteiger partial charge in [-0.1, -0.05) is 0 Å². The second kappa shape index (κ2) is 10.7. The Kier molecular flexibility index (Phi) is 8.34. The van der Waals surface area contributed by atoms with Crippen LogP contribution in [0.3, 0.4) is 0 Å². The summed E-state index contributed by atoms with van der Waals surface area (Å²) in [5.41, 5.74) is 1.19. The lowest BCUT2D eigenvalue weighted by atomic mass is 10.2. The van der Waals surface area contributed by atoms with Crippen molar-refractivity contribution in [2.24, 2.45) is 0 Å². The highest BCUT2D eigenvalue weighted by molar-refractivity contribution is 6.04. The molecule has 2 rings (SSSR count). The van der Waals surface area contributed by atoms with Crippen molar-refractivity contribution in [2.75, 3.05) is 32.7 Å². The molecular weight excluding hydrogens is 368 g/mol. The number of hydrogen-bond donors (Lipinski definition) is 1. The zero-order valence-electron chi connectivity index (χ0n) is 18.2. The molecule has 0 spiro atoms. The van der Waals surface area contributed by atoms with E-state index in [9.17, 15) is 4.79 Å². The van der Waals surface area contributed by atoms with Gasteiger partial charge < -0.3 is 19.5 Å². The zero-order chi connectivity index (χ0) is 21.4. The van der Waals surface area contributed by atoms with E-state index in [1.807, 2.05) is 0 Å². The number of nitrogens with zero attached hydrogens (tertiary/aromatic N) is 1. The number of rotatable bonds is 10. The molecule has 2 aromatic carbocycles. The predicted octanol–water partition coefficient (Wildman–Crippen LogP) is 4.45. The molecule has 0 atom stereocenters. The maximum Gasteiger partial charge on any atom is 0.255 e. The summed E-state index contributed by atoms with van der Waals surface area (Å²) in [6, 6.07) is 13.2. The molecule has 29 heavy (non-hydrogen) atoms. The molecule has 0 aliphatic rings. The number of hydrogen-bond acceptors (Lipinski definition) is 5. The lowest BCUT2D eigenvalue weighted by Gasteiger charge is -2.30. The number of methoxy groups -OCH3 is 2. The van der Waals surface area contributed by atoms with Crippen LogP contribution < -0.4 is 19.5 Å². The van der Waals surface area contributed by atoms with Crippen LogP contribution in [0.5, 0.6) is 17.2 Å². The second-order valence-electron chi connectivity index (χ2n) is 7.32. The van der Waals surface area contributed by atoms with Gasteiger partial charge in [-0.05, 0) is 64.1 Å². The predicted molar refractivity (Wildman–Crippen MR) is 116 cm³/mol. The van der Waals surface area contributed by atoms with E-state index in [1.54, 1.807) is 56.7 Å². The van der Waals surface area contributed by atoms with Crippen LogP contribution in [0.4, 0.5) is 5.69 Å². The highest BCUT2D eigenvalue weighted by Crippen LogP contribution is 2.30. The zero-order valence-corrected chi connectivity index (χ0v) is 18.2. The summed E-state index contributed by atoms with van der Waals surface area (Å²) in [6.07, 6.45) is 0. The summed E-state index contributed by atoms with van der Waals surface area (Å²) in [4.78, 5) is 14.9. The van der Waals surface area contributed by atoms with Gasteiger partial charge >= 0.3 is 0 Å². The number of amides is 1. The first-order valence-corrected chi connectivity index (χ1v) is 9.87. The van der Waals surface area contributed by atoms with Crippen molar-refractivity contribution in [1.82, 2.24) is 4.90 Å². The summed E-state index contributed by atoms with van der Waals surface area (Å²) in [7, 11) is 3.20. The molecule has 0 aromatic heterocycles. The molecule has 0 unspecified atom stereocenters. The molecule has 0 saturated carbocycles.